The monoisotopic (exact) mass is 420 g/mol. The normalized spacial score (nSPS) is 11.0. The maximum Gasteiger partial charge on any atom is 0.308 e. The molecule has 2 aromatic carbocycles. The molecule has 8 heteroatoms. The molecule has 0 saturated heterocycles. The Morgan fingerprint density at radius 1 is 1.16 bits per heavy atom. The number of para-hydroxylation sites is 1. The van der Waals surface area contributed by atoms with Gasteiger partial charge in [-0.15, -0.1) is 0 Å². The van der Waals surface area contributed by atoms with Crippen molar-refractivity contribution in [3.8, 4) is 5.75 Å². The summed E-state index contributed by atoms with van der Waals surface area (Å²) in [7, 11) is 0. The standard InChI is InChI=1S/C23H21FN4O3/c1-13-22(31-15(3)29)14(2)28(27-13)12-17-8-9-18(11-19(17)24)25-23(30)21-10-16-6-4-5-7-20(16)26-21/h4-11,26H,12H2,1-3H3,(H,25,30). The molecule has 0 fully saturated rings. The van der Waals surface area contributed by atoms with E-state index in [-0.39, 0.29) is 12.5 Å². The van der Waals surface area contributed by atoms with Crippen LogP contribution in [0.3, 0.4) is 0 Å². The largest absolute Gasteiger partial charge is 0.423 e. The minimum atomic E-state index is -0.476. The smallest absolute Gasteiger partial charge is 0.308 e. The zero-order valence-corrected chi connectivity index (χ0v) is 17.3. The van der Waals surface area contributed by atoms with Crippen molar-refractivity contribution in [1.82, 2.24) is 14.8 Å². The summed E-state index contributed by atoms with van der Waals surface area (Å²) in [5.41, 5.74) is 3.17. The first-order valence-electron chi connectivity index (χ1n) is 9.72. The fourth-order valence-electron chi connectivity index (χ4n) is 3.43. The molecule has 4 rings (SSSR count). The Hall–Kier alpha value is -3.94. The van der Waals surface area contributed by atoms with Gasteiger partial charge >= 0.3 is 5.97 Å². The predicted octanol–water partition coefficient (Wildman–Crippen LogP) is 4.35. The minimum absolute atomic E-state index is 0.163. The van der Waals surface area contributed by atoms with Gasteiger partial charge in [0.25, 0.3) is 5.91 Å². The molecule has 0 aliphatic carbocycles. The second-order valence-corrected chi connectivity index (χ2v) is 7.28. The second-order valence-electron chi connectivity index (χ2n) is 7.28. The third kappa shape index (κ3) is 4.18. The van der Waals surface area contributed by atoms with Gasteiger partial charge in [0, 0.05) is 29.1 Å². The van der Waals surface area contributed by atoms with Gasteiger partial charge in [0.2, 0.25) is 0 Å². The van der Waals surface area contributed by atoms with Crippen molar-refractivity contribution < 1.29 is 18.7 Å². The average molecular weight is 420 g/mol. The summed E-state index contributed by atoms with van der Waals surface area (Å²) in [6.45, 7) is 4.96. The van der Waals surface area contributed by atoms with Crippen molar-refractivity contribution >= 4 is 28.5 Å². The lowest BCUT2D eigenvalue weighted by Crippen LogP contribution is -2.13. The number of benzene rings is 2. The summed E-state index contributed by atoms with van der Waals surface area (Å²) in [6, 6.07) is 13.8. The van der Waals surface area contributed by atoms with Gasteiger partial charge in [-0.25, -0.2) is 4.39 Å². The number of esters is 1. The maximum atomic E-state index is 14.7. The van der Waals surface area contributed by atoms with Crippen LogP contribution in [0.4, 0.5) is 10.1 Å². The van der Waals surface area contributed by atoms with E-state index in [0.29, 0.717) is 34.1 Å². The minimum Gasteiger partial charge on any atom is -0.423 e. The summed E-state index contributed by atoms with van der Waals surface area (Å²) in [5, 5.41) is 7.96. The van der Waals surface area contributed by atoms with Crippen LogP contribution in [-0.2, 0) is 11.3 Å². The van der Waals surface area contributed by atoms with Crippen molar-refractivity contribution in [3.05, 3.63) is 77.0 Å². The quantitative estimate of drug-likeness (QED) is 0.470. The zero-order chi connectivity index (χ0) is 22.1. The lowest BCUT2D eigenvalue weighted by atomic mass is 10.2. The highest BCUT2D eigenvalue weighted by atomic mass is 19.1. The molecule has 7 nitrogen and oxygen atoms in total. The van der Waals surface area contributed by atoms with Crippen LogP contribution in [0.15, 0.2) is 48.5 Å². The van der Waals surface area contributed by atoms with Gasteiger partial charge in [-0.2, -0.15) is 5.10 Å². The number of fused-ring (bicyclic) bond motifs is 1. The number of anilines is 1. The number of rotatable bonds is 5. The van der Waals surface area contributed by atoms with Crippen molar-refractivity contribution in [2.45, 2.75) is 27.3 Å². The lowest BCUT2D eigenvalue weighted by molar-refractivity contribution is -0.131. The summed E-state index contributed by atoms with van der Waals surface area (Å²) < 4.78 is 21.5. The van der Waals surface area contributed by atoms with Gasteiger partial charge < -0.3 is 15.0 Å². The van der Waals surface area contributed by atoms with Gasteiger partial charge in [-0.1, -0.05) is 24.3 Å². The Balaban J connectivity index is 1.50. The van der Waals surface area contributed by atoms with E-state index in [0.717, 1.165) is 10.9 Å². The van der Waals surface area contributed by atoms with Crippen LogP contribution >= 0.6 is 0 Å². The van der Waals surface area contributed by atoms with E-state index in [1.165, 1.54) is 13.0 Å². The highest BCUT2D eigenvalue weighted by molar-refractivity contribution is 6.05. The first-order chi connectivity index (χ1) is 14.8. The molecule has 4 aromatic rings. The van der Waals surface area contributed by atoms with Gasteiger partial charge in [-0.05, 0) is 38.1 Å². The summed E-state index contributed by atoms with van der Waals surface area (Å²) >= 11 is 0. The molecule has 0 atom stereocenters. The van der Waals surface area contributed by atoms with Crippen molar-refractivity contribution in [2.24, 2.45) is 0 Å². The number of hydrogen-bond acceptors (Lipinski definition) is 4. The van der Waals surface area contributed by atoms with E-state index in [4.69, 9.17) is 4.74 Å². The van der Waals surface area contributed by atoms with Gasteiger partial charge in [0.1, 0.15) is 17.2 Å². The van der Waals surface area contributed by atoms with Crippen LogP contribution in [0.25, 0.3) is 10.9 Å². The Morgan fingerprint density at radius 3 is 2.65 bits per heavy atom. The number of carbonyl (C=O) groups excluding carboxylic acids is 2. The van der Waals surface area contributed by atoms with Crippen molar-refractivity contribution in [3.63, 3.8) is 0 Å². The van der Waals surface area contributed by atoms with E-state index in [1.807, 2.05) is 24.3 Å². The first-order valence-corrected chi connectivity index (χ1v) is 9.72. The number of halogens is 1. The molecule has 0 radical (unpaired) electrons. The maximum absolute atomic E-state index is 14.7. The summed E-state index contributed by atoms with van der Waals surface area (Å²) in [4.78, 5) is 26.8. The fraction of sp³-hybridized carbons (Fsp3) is 0.174. The first kappa shape index (κ1) is 20.3. The SMILES string of the molecule is CC(=O)Oc1c(C)nn(Cc2ccc(NC(=O)c3cc4ccccc4[nH]3)cc2F)c1C. The van der Waals surface area contributed by atoms with Crippen LogP contribution in [0, 0.1) is 19.7 Å². The van der Waals surface area contributed by atoms with E-state index >= 15 is 0 Å². The number of carbonyl (C=O) groups is 2. The molecular formula is C23H21FN4O3. The molecule has 0 saturated carbocycles. The molecule has 158 valence electrons. The number of aromatic amines is 1. The van der Waals surface area contributed by atoms with E-state index in [2.05, 4.69) is 15.4 Å². The van der Waals surface area contributed by atoms with E-state index in [1.54, 1.807) is 36.7 Å². The molecule has 0 aliphatic heterocycles. The average Bonchev–Trinajstić information content (AvgIpc) is 3.26. The van der Waals surface area contributed by atoms with Crippen LogP contribution in [0.1, 0.15) is 34.4 Å². The topological polar surface area (TPSA) is 89.0 Å². The summed E-state index contributed by atoms with van der Waals surface area (Å²) in [5.74, 6) is -0.883. The van der Waals surface area contributed by atoms with Crippen molar-refractivity contribution in [1.29, 1.82) is 0 Å². The second kappa shape index (κ2) is 8.06. The number of H-pyrrole nitrogens is 1. The number of aryl methyl sites for hydroxylation is 1. The molecule has 0 spiro atoms. The van der Waals surface area contributed by atoms with Gasteiger partial charge in [-0.3, -0.25) is 14.3 Å². The number of hydrogen-bond donors (Lipinski definition) is 2. The van der Waals surface area contributed by atoms with Crippen LogP contribution in [-0.4, -0.2) is 26.6 Å². The van der Waals surface area contributed by atoms with Crippen molar-refractivity contribution in [2.75, 3.05) is 5.32 Å². The van der Waals surface area contributed by atoms with E-state index in [9.17, 15) is 14.0 Å². The molecular weight excluding hydrogens is 399 g/mol. The Kier molecular flexibility index (Phi) is 5.29. The highest BCUT2D eigenvalue weighted by Gasteiger charge is 2.17. The molecule has 0 aliphatic rings. The number of aromatic nitrogens is 3. The molecule has 2 N–H and O–H groups in total. The predicted molar refractivity (Wildman–Crippen MR) is 115 cm³/mol. The molecule has 31 heavy (non-hydrogen) atoms. The highest BCUT2D eigenvalue weighted by Crippen LogP contribution is 2.24. The molecule has 2 aromatic heterocycles. The Labute approximate surface area is 177 Å². The number of ether oxygens (including phenoxy) is 1. The summed E-state index contributed by atoms with van der Waals surface area (Å²) in [6.07, 6.45) is 0. The Morgan fingerprint density at radius 2 is 1.94 bits per heavy atom. The lowest BCUT2D eigenvalue weighted by Gasteiger charge is -2.09. The van der Waals surface area contributed by atoms with Crippen LogP contribution in [0.5, 0.6) is 5.75 Å². The van der Waals surface area contributed by atoms with Crippen LogP contribution < -0.4 is 10.1 Å². The fourth-order valence-corrected chi connectivity index (χ4v) is 3.43. The van der Waals surface area contributed by atoms with E-state index < -0.39 is 11.8 Å². The third-order valence-electron chi connectivity index (χ3n) is 4.97. The Bertz CT molecular complexity index is 1270. The van der Waals surface area contributed by atoms with Gasteiger partial charge in [0.05, 0.1) is 12.2 Å². The number of nitrogens with zero attached hydrogens (tertiary/aromatic N) is 2. The third-order valence-corrected chi connectivity index (χ3v) is 4.97. The number of amides is 1. The zero-order valence-electron chi connectivity index (χ0n) is 17.3. The molecule has 1 amide bonds. The molecule has 0 bridgehead atoms. The molecule has 0 unspecified atom stereocenters. The molecule has 2 heterocycles. The van der Waals surface area contributed by atoms with Gasteiger partial charge in [0.15, 0.2) is 5.75 Å². The number of nitrogens with one attached hydrogen (secondary N) is 2. The van der Waals surface area contributed by atoms with Crippen LogP contribution in [0.2, 0.25) is 0 Å².